The second-order valence-electron chi connectivity index (χ2n) is 3.43. The third kappa shape index (κ3) is 2.91. The Morgan fingerprint density at radius 2 is 2.17 bits per heavy atom. The van der Waals surface area contributed by atoms with Crippen molar-refractivity contribution in [2.75, 3.05) is 5.84 Å². The average Bonchev–Trinajstić information content (AvgIpc) is 2.68. The highest BCUT2D eigenvalue weighted by Gasteiger charge is 2.18. The summed E-state index contributed by atoms with van der Waals surface area (Å²) in [6.07, 6.45) is -2.73. The van der Waals surface area contributed by atoms with Gasteiger partial charge in [0.2, 0.25) is 11.0 Å². The normalized spacial score (nSPS) is 11.1. The van der Waals surface area contributed by atoms with E-state index >= 15 is 0 Å². The van der Waals surface area contributed by atoms with Gasteiger partial charge < -0.3 is 5.84 Å². The Morgan fingerprint density at radius 1 is 1.39 bits per heavy atom. The first-order valence-electron chi connectivity index (χ1n) is 4.93. The van der Waals surface area contributed by atoms with Crippen molar-refractivity contribution < 1.29 is 8.78 Å². The number of halogens is 3. The minimum atomic E-state index is -2.73. The highest BCUT2D eigenvalue weighted by atomic mass is 35.5. The molecule has 18 heavy (non-hydrogen) atoms. The first kappa shape index (κ1) is 13.1. The van der Waals surface area contributed by atoms with Crippen molar-refractivity contribution in [2.24, 2.45) is 0 Å². The molecule has 2 N–H and O–H groups in total. The topological polar surface area (TPSA) is 56.7 Å². The van der Waals surface area contributed by atoms with E-state index in [1.165, 1.54) is 11.8 Å². The van der Waals surface area contributed by atoms with Crippen molar-refractivity contribution in [3.63, 3.8) is 0 Å². The lowest BCUT2D eigenvalue weighted by Crippen LogP contribution is -2.14. The molecule has 0 saturated carbocycles. The molecule has 0 spiro atoms. The van der Waals surface area contributed by atoms with Gasteiger partial charge in [-0.05, 0) is 17.7 Å². The maximum atomic E-state index is 12.4. The molecule has 0 bridgehead atoms. The fourth-order valence-corrected chi connectivity index (χ4v) is 2.33. The van der Waals surface area contributed by atoms with Crippen LogP contribution in [0.3, 0.4) is 0 Å². The minimum absolute atomic E-state index is 0.241. The molecule has 0 unspecified atom stereocenters. The smallest absolute Gasteiger partial charge is 0.299 e. The monoisotopic (exact) mass is 290 g/mol. The SMILES string of the molecule is Nn1c(SCc2cccc(Cl)c2)nnc1C(F)F. The molecule has 0 radical (unpaired) electrons. The number of hydrogen-bond acceptors (Lipinski definition) is 4. The fourth-order valence-electron chi connectivity index (χ4n) is 1.31. The maximum Gasteiger partial charge on any atom is 0.299 e. The second kappa shape index (κ2) is 5.53. The third-order valence-electron chi connectivity index (χ3n) is 2.14. The number of hydrogen-bond donors (Lipinski definition) is 1. The third-order valence-corrected chi connectivity index (χ3v) is 3.39. The van der Waals surface area contributed by atoms with Crippen molar-refractivity contribution in [1.82, 2.24) is 14.9 Å². The maximum absolute atomic E-state index is 12.4. The summed E-state index contributed by atoms with van der Waals surface area (Å²) in [7, 11) is 0. The van der Waals surface area contributed by atoms with E-state index in [1.807, 2.05) is 12.1 Å². The summed E-state index contributed by atoms with van der Waals surface area (Å²) in [5.41, 5.74) is 0.953. The first-order valence-corrected chi connectivity index (χ1v) is 6.30. The van der Waals surface area contributed by atoms with Gasteiger partial charge in [0, 0.05) is 10.8 Å². The Balaban J connectivity index is 2.07. The Kier molecular flexibility index (Phi) is 4.03. The summed E-state index contributed by atoms with van der Waals surface area (Å²) in [5.74, 6) is 5.45. The molecular weight excluding hydrogens is 282 g/mol. The molecule has 0 atom stereocenters. The Hall–Kier alpha value is -1.34. The molecule has 0 aliphatic heterocycles. The van der Waals surface area contributed by atoms with Crippen LogP contribution in [0.1, 0.15) is 17.8 Å². The zero-order valence-electron chi connectivity index (χ0n) is 9.05. The molecule has 0 aliphatic rings. The number of thioether (sulfide) groups is 1. The van der Waals surface area contributed by atoms with Crippen LogP contribution < -0.4 is 5.84 Å². The highest BCUT2D eigenvalue weighted by molar-refractivity contribution is 7.98. The molecule has 96 valence electrons. The summed E-state index contributed by atoms with van der Waals surface area (Å²) in [5, 5.41) is 7.81. The first-order chi connectivity index (χ1) is 8.58. The van der Waals surface area contributed by atoms with Crippen LogP contribution in [0.5, 0.6) is 0 Å². The van der Waals surface area contributed by atoms with Gasteiger partial charge in [0.05, 0.1) is 0 Å². The largest absolute Gasteiger partial charge is 0.335 e. The molecular formula is C10H9ClF2N4S. The van der Waals surface area contributed by atoms with Gasteiger partial charge in [-0.2, -0.15) is 0 Å². The quantitative estimate of drug-likeness (QED) is 0.695. The van der Waals surface area contributed by atoms with Crippen LogP contribution in [0.4, 0.5) is 8.78 Å². The molecule has 0 fully saturated rings. The molecule has 8 heteroatoms. The summed E-state index contributed by atoms with van der Waals surface area (Å²) in [6, 6.07) is 7.25. The van der Waals surface area contributed by atoms with Crippen molar-refractivity contribution >= 4 is 23.4 Å². The van der Waals surface area contributed by atoms with Gasteiger partial charge in [-0.3, -0.25) is 0 Å². The van der Waals surface area contributed by atoms with E-state index in [2.05, 4.69) is 10.2 Å². The Labute approximate surface area is 111 Å². The summed E-state index contributed by atoms with van der Waals surface area (Å²) < 4.78 is 25.7. The van der Waals surface area contributed by atoms with Gasteiger partial charge in [0.15, 0.2) is 0 Å². The number of nitrogen functional groups attached to an aromatic ring is 1. The van der Waals surface area contributed by atoms with Crippen LogP contribution in [0.15, 0.2) is 29.4 Å². The molecule has 1 heterocycles. The van der Waals surface area contributed by atoms with Gasteiger partial charge in [-0.1, -0.05) is 35.5 Å². The van der Waals surface area contributed by atoms with Crippen molar-refractivity contribution in [1.29, 1.82) is 0 Å². The number of aromatic nitrogens is 3. The van der Waals surface area contributed by atoms with Gasteiger partial charge >= 0.3 is 0 Å². The van der Waals surface area contributed by atoms with Crippen LogP contribution in [0.2, 0.25) is 5.02 Å². The van der Waals surface area contributed by atoms with E-state index in [1.54, 1.807) is 12.1 Å². The average molecular weight is 291 g/mol. The zero-order chi connectivity index (χ0) is 13.1. The molecule has 4 nitrogen and oxygen atoms in total. The summed E-state index contributed by atoms with van der Waals surface area (Å²) in [4.78, 5) is 0. The Bertz CT molecular complexity index is 546. The minimum Gasteiger partial charge on any atom is -0.335 e. The summed E-state index contributed by atoms with van der Waals surface area (Å²) in [6.45, 7) is 0. The fraction of sp³-hybridized carbons (Fsp3) is 0.200. The number of nitrogens with two attached hydrogens (primary N) is 1. The number of benzene rings is 1. The molecule has 2 aromatic rings. The van der Waals surface area contributed by atoms with E-state index in [9.17, 15) is 8.78 Å². The van der Waals surface area contributed by atoms with Crippen LogP contribution in [-0.2, 0) is 5.75 Å². The van der Waals surface area contributed by atoms with E-state index in [0.717, 1.165) is 10.2 Å². The van der Waals surface area contributed by atoms with E-state index in [-0.39, 0.29) is 5.16 Å². The highest BCUT2D eigenvalue weighted by Crippen LogP contribution is 2.24. The lowest BCUT2D eigenvalue weighted by atomic mass is 10.2. The van der Waals surface area contributed by atoms with Crippen LogP contribution in [0.25, 0.3) is 0 Å². The van der Waals surface area contributed by atoms with Crippen molar-refractivity contribution in [2.45, 2.75) is 17.3 Å². The van der Waals surface area contributed by atoms with Crippen LogP contribution >= 0.6 is 23.4 Å². The van der Waals surface area contributed by atoms with Gasteiger partial charge in [-0.25, -0.2) is 13.5 Å². The lowest BCUT2D eigenvalue weighted by Gasteiger charge is -2.03. The van der Waals surface area contributed by atoms with Gasteiger partial charge in [0.25, 0.3) is 6.43 Å². The Morgan fingerprint density at radius 3 is 2.78 bits per heavy atom. The molecule has 1 aromatic carbocycles. The standard InChI is InChI=1S/C10H9ClF2N4S/c11-7-3-1-2-6(4-7)5-18-10-16-15-9(8(12)13)17(10)14/h1-4,8H,5,14H2. The van der Waals surface area contributed by atoms with Gasteiger partial charge in [0.1, 0.15) is 0 Å². The molecule has 0 aliphatic carbocycles. The molecule has 1 aromatic heterocycles. The van der Waals surface area contributed by atoms with Gasteiger partial charge in [-0.15, -0.1) is 10.2 Å². The predicted molar refractivity (Wildman–Crippen MR) is 66.1 cm³/mol. The van der Waals surface area contributed by atoms with E-state index < -0.39 is 12.2 Å². The number of nitrogens with zero attached hydrogens (tertiary/aromatic N) is 3. The van der Waals surface area contributed by atoms with Crippen LogP contribution in [-0.4, -0.2) is 14.9 Å². The lowest BCUT2D eigenvalue weighted by molar-refractivity contribution is 0.136. The predicted octanol–water partition coefficient (Wildman–Crippen LogP) is 2.88. The van der Waals surface area contributed by atoms with Crippen molar-refractivity contribution in [3.05, 3.63) is 40.7 Å². The number of alkyl halides is 2. The second-order valence-corrected chi connectivity index (χ2v) is 4.81. The van der Waals surface area contributed by atoms with Crippen molar-refractivity contribution in [3.8, 4) is 0 Å². The van der Waals surface area contributed by atoms with E-state index in [0.29, 0.717) is 10.8 Å². The number of rotatable bonds is 4. The molecule has 2 rings (SSSR count). The molecule has 0 amide bonds. The summed E-state index contributed by atoms with van der Waals surface area (Å²) >= 11 is 7.06. The zero-order valence-corrected chi connectivity index (χ0v) is 10.6. The van der Waals surface area contributed by atoms with E-state index in [4.69, 9.17) is 17.4 Å². The molecule has 0 saturated heterocycles. The van der Waals surface area contributed by atoms with Crippen LogP contribution in [0, 0.1) is 0 Å².